The highest BCUT2D eigenvalue weighted by molar-refractivity contribution is 7.13. The number of carbonyl (C=O) groups excluding carboxylic acids is 1. The van der Waals surface area contributed by atoms with E-state index in [1.807, 2.05) is 55.6 Å². The monoisotopic (exact) mass is 390 g/mol. The summed E-state index contributed by atoms with van der Waals surface area (Å²) in [5.41, 5.74) is 4.32. The van der Waals surface area contributed by atoms with Crippen molar-refractivity contribution >= 4 is 46.1 Å². The molecule has 0 radical (unpaired) electrons. The number of aryl methyl sites for hydroxylation is 2. The first-order chi connectivity index (χ1) is 11.9. The number of aromatic nitrogens is 1. The molecule has 1 heterocycles. The average Bonchev–Trinajstić information content (AvgIpc) is 2.99. The Labute approximate surface area is 160 Å². The van der Waals surface area contributed by atoms with Gasteiger partial charge in [-0.3, -0.25) is 4.79 Å². The van der Waals surface area contributed by atoms with Crippen molar-refractivity contribution in [2.75, 3.05) is 5.32 Å². The van der Waals surface area contributed by atoms with Gasteiger partial charge in [-0.2, -0.15) is 0 Å². The standard InChI is InChI=1S/C19H16Cl2N2OS/c1-11-6-12(2)18(16(21)7-11)23-17(24)9-15-10-25-19(22-15)13-4-3-5-14(20)8-13/h3-8,10H,9H2,1-2H3,(H,23,24). The number of benzene rings is 2. The van der Waals surface area contributed by atoms with E-state index in [1.165, 1.54) is 11.3 Å². The number of hydrogen-bond acceptors (Lipinski definition) is 3. The molecular weight excluding hydrogens is 375 g/mol. The molecule has 25 heavy (non-hydrogen) atoms. The lowest BCUT2D eigenvalue weighted by Crippen LogP contribution is -2.15. The van der Waals surface area contributed by atoms with E-state index in [-0.39, 0.29) is 12.3 Å². The van der Waals surface area contributed by atoms with Crippen LogP contribution < -0.4 is 5.32 Å². The van der Waals surface area contributed by atoms with Gasteiger partial charge in [0.25, 0.3) is 0 Å². The van der Waals surface area contributed by atoms with Crippen LogP contribution in [0.15, 0.2) is 41.8 Å². The summed E-state index contributed by atoms with van der Waals surface area (Å²) in [5.74, 6) is -0.142. The predicted octanol–water partition coefficient (Wildman–Crippen LogP) is 5.91. The number of hydrogen-bond donors (Lipinski definition) is 1. The van der Waals surface area contributed by atoms with Crippen LogP contribution in [0.3, 0.4) is 0 Å². The van der Waals surface area contributed by atoms with E-state index >= 15 is 0 Å². The van der Waals surface area contributed by atoms with E-state index < -0.39 is 0 Å². The Kier molecular flexibility index (Phi) is 5.42. The topological polar surface area (TPSA) is 42.0 Å². The molecule has 0 atom stereocenters. The number of amides is 1. The van der Waals surface area contributed by atoms with Crippen LogP contribution in [0, 0.1) is 13.8 Å². The summed E-state index contributed by atoms with van der Waals surface area (Å²) in [6, 6.07) is 11.3. The van der Waals surface area contributed by atoms with Crippen molar-refractivity contribution in [1.29, 1.82) is 0 Å². The second kappa shape index (κ2) is 7.56. The summed E-state index contributed by atoms with van der Waals surface area (Å²) in [7, 11) is 0. The molecule has 0 spiro atoms. The Morgan fingerprint density at radius 1 is 1.20 bits per heavy atom. The van der Waals surface area contributed by atoms with Crippen LogP contribution in [0.4, 0.5) is 5.69 Å². The maximum absolute atomic E-state index is 12.3. The summed E-state index contributed by atoms with van der Waals surface area (Å²) in [6.07, 6.45) is 0.195. The van der Waals surface area contributed by atoms with Crippen LogP contribution in [0.2, 0.25) is 10.0 Å². The Morgan fingerprint density at radius 3 is 2.72 bits per heavy atom. The van der Waals surface area contributed by atoms with Crippen molar-refractivity contribution in [3.05, 3.63) is 68.6 Å². The summed E-state index contributed by atoms with van der Waals surface area (Å²) in [4.78, 5) is 16.9. The molecule has 3 nitrogen and oxygen atoms in total. The van der Waals surface area contributed by atoms with E-state index in [1.54, 1.807) is 0 Å². The Morgan fingerprint density at radius 2 is 2.00 bits per heavy atom. The fraction of sp³-hybridized carbons (Fsp3) is 0.158. The maximum atomic E-state index is 12.3. The number of carbonyl (C=O) groups is 1. The molecular formula is C19H16Cl2N2OS. The zero-order chi connectivity index (χ0) is 18.0. The first-order valence-electron chi connectivity index (χ1n) is 7.69. The van der Waals surface area contributed by atoms with E-state index in [4.69, 9.17) is 23.2 Å². The van der Waals surface area contributed by atoms with Crippen molar-refractivity contribution in [2.24, 2.45) is 0 Å². The molecule has 3 rings (SSSR count). The Hall–Kier alpha value is -1.88. The first kappa shape index (κ1) is 17.9. The Bertz CT molecular complexity index is 914. The summed E-state index contributed by atoms with van der Waals surface area (Å²) in [5, 5.41) is 6.82. The van der Waals surface area contributed by atoms with Gasteiger partial charge in [-0.1, -0.05) is 41.4 Å². The van der Waals surface area contributed by atoms with E-state index in [0.717, 1.165) is 27.4 Å². The number of thiazole rings is 1. The van der Waals surface area contributed by atoms with Crippen LogP contribution in [-0.4, -0.2) is 10.9 Å². The third-order valence-electron chi connectivity index (χ3n) is 3.66. The number of rotatable bonds is 4. The van der Waals surface area contributed by atoms with Crippen LogP contribution in [0.25, 0.3) is 10.6 Å². The molecule has 0 fully saturated rings. The van der Waals surface area contributed by atoms with Gasteiger partial charge in [0, 0.05) is 16.0 Å². The molecule has 1 N–H and O–H groups in total. The molecule has 128 valence electrons. The van der Waals surface area contributed by atoms with Gasteiger partial charge in [0.2, 0.25) is 5.91 Å². The van der Waals surface area contributed by atoms with Crippen molar-refractivity contribution < 1.29 is 4.79 Å². The second-order valence-electron chi connectivity index (χ2n) is 5.82. The van der Waals surface area contributed by atoms with E-state index in [0.29, 0.717) is 15.7 Å². The van der Waals surface area contributed by atoms with E-state index in [2.05, 4.69) is 10.3 Å². The molecule has 0 aliphatic heterocycles. The van der Waals surface area contributed by atoms with Gasteiger partial charge in [-0.25, -0.2) is 4.98 Å². The zero-order valence-electron chi connectivity index (χ0n) is 13.8. The van der Waals surface area contributed by atoms with Crippen LogP contribution in [0.1, 0.15) is 16.8 Å². The molecule has 0 saturated carbocycles. The lowest BCUT2D eigenvalue weighted by molar-refractivity contribution is -0.115. The van der Waals surface area contributed by atoms with Crippen LogP contribution in [-0.2, 0) is 11.2 Å². The highest BCUT2D eigenvalue weighted by Crippen LogP contribution is 2.28. The van der Waals surface area contributed by atoms with Gasteiger partial charge in [0.05, 0.1) is 22.8 Å². The quantitative estimate of drug-likeness (QED) is 0.600. The Balaban J connectivity index is 1.72. The predicted molar refractivity (Wildman–Crippen MR) is 106 cm³/mol. The molecule has 6 heteroatoms. The molecule has 0 aliphatic carbocycles. The van der Waals surface area contributed by atoms with Gasteiger partial charge >= 0.3 is 0 Å². The largest absolute Gasteiger partial charge is 0.324 e. The maximum Gasteiger partial charge on any atom is 0.230 e. The van der Waals surface area contributed by atoms with Crippen LogP contribution in [0.5, 0.6) is 0 Å². The number of halogens is 2. The van der Waals surface area contributed by atoms with E-state index in [9.17, 15) is 4.79 Å². The summed E-state index contributed by atoms with van der Waals surface area (Å²) in [6.45, 7) is 3.89. The minimum atomic E-state index is -0.142. The van der Waals surface area contributed by atoms with Gasteiger partial charge in [-0.05, 0) is 43.2 Å². The van der Waals surface area contributed by atoms with Crippen molar-refractivity contribution in [3.63, 3.8) is 0 Å². The SMILES string of the molecule is Cc1cc(C)c(NC(=O)Cc2csc(-c3cccc(Cl)c3)n2)c(Cl)c1. The van der Waals surface area contributed by atoms with Crippen molar-refractivity contribution in [2.45, 2.75) is 20.3 Å². The number of nitrogens with one attached hydrogen (secondary N) is 1. The molecule has 3 aromatic rings. The number of nitrogens with zero attached hydrogens (tertiary/aromatic N) is 1. The summed E-state index contributed by atoms with van der Waals surface area (Å²) < 4.78 is 0. The second-order valence-corrected chi connectivity index (χ2v) is 7.52. The lowest BCUT2D eigenvalue weighted by atomic mass is 10.1. The first-order valence-corrected chi connectivity index (χ1v) is 9.33. The van der Waals surface area contributed by atoms with Gasteiger partial charge < -0.3 is 5.32 Å². The third-order valence-corrected chi connectivity index (χ3v) is 5.13. The lowest BCUT2D eigenvalue weighted by Gasteiger charge is -2.11. The molecule has 2 aromatic carbocycles. The van der Waals surface area contributed by atoms with Gasteiger partial charge in [0.15, 0.2) is 0 Å². The molecule has 1 aromatic heterocycles. The third kappa shape index (κ3) is 4.40. The van der Waals surface area contributed by atoms with Gasteiger partial charge in [-0.15, -0.1) is 11.3 Å². The zero-order valence-corrected chi connectivity index (χ0v) is 16.1. The average molecular weight is 391 g/mol. The fourth-order valence-electron chi connectivity index (χ4n) is 2.56. The van der Waals surface area contributed by atoms with Crippen molar-refractivity contribution in [1.82, 2.24) is 4.98 Å². The van der Waals surface area contributed by atoms with Gasteiger partial charge in [0.1, 0.15) is 5.01 Å². The highest BCUT2D eigenvalue weighted by Gasteiger charge is 2.13. The smallest absolute Gasteiger partial charge is 0.230 e. The number of anilines is 1. The molecule has 0 aliphatic rings. The minimum Gasteiger partial charge on any atom is -0.324 e. The summed E-state index contributed by atoms with van der Waals surface area (Å²) >= 11 is 13.7. The molecule has 0 bridgehead atoms. The van der Waals surface area contributed by atoms with Crippen molar-refractivity contribution in [3.8, 4) is 10.6 Å². The van der Waals surface area contributed by atoms with Crippen LogP contribution >= 0.6 is 34.5 Å². The molecule has 1 amide bonds. The fourth-order valence-corrected chi connectivity index (χ4v) is 3.94. The molecule has 0 saturated heterocycles. The molecule has 0 unspecified atom stereocenters. The highest BCUT2D eigenvalue weighted by atomic mass is 35.5. The normalized spacial score (nSPS) is 10.7. The minimum absolute atomic E-state index is 0.142.